The zero-order valence-electron chi connectivity index (χ0n) is 18.4. The van der Waals surface area contributed by atoms with Gasteiger partial charge in [0.25, 0.3) is 11.6 Å². The third-order valence-electron chi connectivity index (χ3n) is 4.87. The summed E-state index contributed by atoms with van der Waals surface area (Å²) in [6, 6.07) is 23.5. The van der Waals surface area contributed by atoms with E-state index in [9.17, 15) is 19.7 Å². The van der Waals surface area contributed by atoms with Gasteiger partial charge in [0.05, 0.1) is 11.3 Å². The predicted molar refractivity (Wildman–Crippen MR) is 127 cm³/mol. The second-order valence-corrected chi connectivity index (χ2v) is 7.62. The van der Waals surface area contributed by atoms with Crippen molar-refractivity contribution >= 4 is 34.6 Å². The fourth-order valence-corrected chi connectivity index (χ4v) is 3.43. The number of esters is 1. The maximum absolute atomic E-state index is 12.2. The van der Waals surface area contributed by atoms with Crippen LogP contribution in [0.25, 0.3) is 0 Å². The molecule has 0 atom stereocenters. The molecule has 0 aliphatic rings. The molecule has 0 aromatic heterocycles. The lowest BCUT2D eigenvalue weighted by molar-refractivity contribution is -0.385. The largest absolute Gasteiger partial charge is 0.455 e. The van der Waals surface area contributed by atoms with E-state index in [1.807, 2.05) is 42.5 Å². The van der Waals surface area contributed by atoms with Gasteiger partial charge in [-0.3, -0.25) is 19.7 Å². The Morgan fingerprint density at radius 2 is 1.55 bits per heavy atom. The third kappa shape index (κ3) is 6.39. The Kier molecular flexibility index (Phi) is 7.75. The monoisotopic (exact) mass is 447 g/mol. The predicted octanol–water partition coefficient (Wildman–Crippen LogP) is 4.87. The van der Waals surface area contributed by atoms with Gasteiger partial charge in [0.15, 0.2) is 6.61 Å². The van der Waals surface area contributed by atoms with Crippen molar-refractivity contribution < 1.29 is 19.2 Å². The van der Waals surface area contributed by atoms with Gasteiger partial charge in [-0.25, -0.2) is 0 Å². The molecule has 3 rings (SSSR count). The number of carbonyl (C=O) groups is 2. The molecule has 0 spiro atoms. The molecule has 8 nitrogen and oxygen atoms in total. The molecule has 8 heteroatoms. The molecule has 1 amide bonds. The van der Waals surface area contributed by atoms with Crippen LogP contribution in [0.5, 0.6) is 0 Å². The van der Waals surface area contributed by atoms with Crippen LogP contribution < -0.4 is 10.2 Å². The number of hydrogen-bond acceptors (Lipinski definition) is 6. The average molecular weight is 447 g/mol. The van der Waals surface area contributed by atoms with Crippen LogP contribution in [0.2, 0.25) is 0 Å². The number of nitro groups is 1. The number of ether oxygens (including phenoxy) is 1. The number of amides is 1. The van der Waals surface area contributed by atoms with E-state index in [-0.39, 0.29) is 23.7 Å². The van der Waals surface area contributed by atoms with Crippen molar-refractivity contribution in [2.24, 2.45) is 0 Å². The SMILES string of the molecule is CC(C)N(c1ccccc1)c1ccc(NC(=O)COC(=O)Cc2ccccc2[N+](=O)[O-])cc1. The molecule has 0 radical (unpaired) electrons. The molecule has 0 unspecified atom stereocenters. The summed E-state index contributed by atoms with van der Waals surface area (Å²) in [6.45, 7) is 3.71. The summed E-state index contributed by atoms with van der Waals surface area (Å²) < 4.78 is 4.98. The Hall–Kier alpha value is -4.20. The van der Waals surface area contributed by atoms with Crippen LogP contribution in [-0.2, 0) is 20.7 Å². The summed E-state index contributed by atoms with van der Waals surface area (Å²) in [5, 5.41) is 13.7. The number of para-hydroxylation sites is 2. The van der Waals surface area contributed by atoms with E-state index in [0.29, 0.717) is 5.69 Å². The summed E-state index contributed by atoms with van der Waals surface area (Å²) in [6.07, 6.45) is -0.288. The van der Waals surface area contributed by atoms with Crippen LogP contribution in [0.1, 0.15) is 19.4 Å². The smallest absolute Gasteiger partial charge is 0.311 e. The van der Waals surface area contributed by atoms with E-state index in [0.717, 1.165) is 11.4 Å². The minimum atomic E-state index is -0.717. The maximum Gasteiger partial charge on any atom is 0.311 e. The Labute approximate surface area is 191 Å². The number of rotatable bonds is 9. The number of hydrogen-bond donors (Lipinski definition) is 1. The second-order valence-electron chi connectivity index (χ2n) is 7.62. The van der Waals surface area contributed by atoms with Crippen molar-refractivity contribution in [1.29, 1.82) is 0 Å². The number of benzene rings is 3. The zero-order chi connectivity index (χ0) is 23.8. The van der Waals surface area contributed by atoms with Crippen LogP contribution in [0.4, 0.5) is 22.7 Å². The molecule has 0 saturated carbocycles. The van der Waals surface area contributed by atoms with Crippen molar-refractivity contribution in [2.75, 3.05) is 16.8 Å². The van der Waals surface area contributed by atoms with Crippen molar-refractivity contribution in [1.82, 2.24) is 0 Å². The molecule has 0 aliphatic carbocycles. The van der Waals surface area contributed by atoms with Crippen LogP contribution in [-0.4, -0.2) is 29.4 Å². The van der Waals surface area contributed by atoms with Gasteiger partial charge >= 0.3 is 5.97 Å². The summed E-state index contributed by atoms with van der Waals surface area (Å²) in [7, 11) is 0. The highest BCUT2D eigenvalue weighted by molar-refractivity contribution is 5.93. The quantitative estimate of drug-likeness (QED) is 0.285. The Morgan fingerprint density at radius 1 is 0.939 bits per heavy atom. The zero-order valence-corrected chi connectivity index (χ0v) is 18.4. The minimum absolute atomic E-state index is 0.162. The van der Waals surface area contributed by atoms with E-state index >= 15 is 0 Å². The number of nitrogens with one attached hydrogen (secondary N) is 1. The molecule has 3 aromatic carbocycles. The van der Waals surface area contributed by atoms with Gasteiger partial charge in [0.2, 0.25) is 0 Å². The first-order valence-corrected chi connectivity index (χ1v) is 10.5. The fourth-order valence-electron chi connectivity index (χ4n) is 3.43. The third-order valence-corrected chi connectivity index (χ3v) is 4.87. The highest BCUT2D eigenvalue weighted by Gasteiger charge is 2.17. The first-order valence-electron chi connectivity index (χ1n) is 10.5. The Balaban J connectivity index is 1.56. The van der Waals surface area contributed by atoms with E-state index in [4.69, 9.17) is 4.74 Å². The summed E-state index contributed by atoms with van der Waals surface area (Å²) >= 11 is 0. The lowest BCUT2D eigenvalue weighted by atomic mass is 10.1. The number of anilines is 3. The standard InChI is InChI=1S/C25H25N3O5/c1-18(2)27(21-9-4-3-5-10-21)22-14-12-20(13-15-22)26-24(29)17-33-25(30)16-19-8-6-7-11-23(19)28(31)32/h3-15,18H,16-17H2,1-2H3,(H,26,29). The van der Waals surface area contributed by atoms with Gasteiger partial charge < -0.3 is 15.0 Å². The highest BCUT2D eigenvalue weighted by Crippen LogP contribution is 2.28. The average Bonchev–Trinajstić information content (AvgIpc) is 2.80. The normalized spacial score (nSPS) is 10.5. The lowest BCUT2D eigenvalue weighted by Crippen LogP contribution is -2.25. The number of nitro benzene ring substituents is 1. The summed E-state index contributed by atoms with van der Waals surface area (Å²) in [4.78, 5) is 36.9. The Morgan fingerprint density at radius 3 is 2.18 bits per heavy atom. The highest BCUT2D eigenvalue weighted by atomic mass is 16.6. The molecule has 0 bridgehead atoms. The van der Waals surface area contributed by atoms with Gasteiger partial charge in [-0.2, -0.15) is 0 Å². The minimum Gasteiger partial charge on any atom is -0.455 e. The van der Waals surface area contributed by atoms with E-state index in [1.54, 1.807) is 18.2 Å². The maximum atomic E-state index is 12.2. The van der Waals surface area contributed by atoms with Gasteiger partial charge in [-0.05, 0) is 50.2 Å². The van der Waals surface area contributed by atoms with E-state index < -0.39 is 23.4 Å². The first kappa shape index (κ1) is 23.5. The number of carbonyl (C=O) groups excluding carboxylic acids is 2. The van der Waals surface area contributed by atoms with Gasteiger partial charge in [0.1, 0.15) is 0 Å². The molecule has 0 aliphatic heterocycles. The van der Waals surface area contributed by atoms with E-state index in [2.05, 4.69) is 24.1 Å². The van der Waals surface area contributed by atoms with Crippen LogP contribution in [0, 0.1) is 10.1 Å². The molecule has 0 saturated heterocycles. The lowest BCUT2D eigenvalue weighted by Gasteiger charge is -2.29. The van der Waals surface area contributed by atoms with Gasteiger partial charge in [0, 0.05) is 34.7 Å². The Bertz CT molecular complexity index is 1110. The topological polar surface area (TPSA) is 102 Å². The van der Waals surface area contributed by atoms with Gasteiger partial charge in [-0.1, -0.05) is 36.4 Å². The van der Waals surface area contributed by atoms with Crippen molar-refractivity contribution in [3.05, 3.63) is 94.5 Å². The van der Waals surface area contributed by atoms with Crippen LogP contribution in [0.15, 0.2) is 78.9 Å². The van der Waals surface area contributed by atoms with Crippen LogP contribution >= 0.6 is 0 Å². The number of nitrogens with zero attached hydrogens (tertiary/aromatic N) is 2. The molecule has 0 heterocycles. The molecular formula is C25H25N3O5. The van der Waals surface area contributed by atoms with Gasteiger partial charge in [-0.15, -0.1) is 0 Å². The molecule has 170 valence electrons. The molecular weight excluding hydrogens is 422 g/mol. The molecule has 33 heavy (non-hydrogen) atoms. The van der Waals surface area contributed by atoms with Crippen LogP contribution in [0.3, 0.4) is 0 Å². The molecule has 1 N–H and O–H groups in total. The van der Waals surface area contributed by atoms with Crippen molar-refractivity contribution in [3.8, 4) is 0 Å². The second kappa shape index (κ2) is 10.9. The molecule has 0 fully saturated rings. The van der Waals surface area contributed by atoms with Crippen molar-refractivity contribution in [2.45, 2.75) is 26.3 Å². The van der Waals surface area contributed by atoms with Crippen molar-refractivity contribution in [3.63, 3.8) is 0 Å². The summed E-state index contributed by atoms with van der Waals surface area (Å²) in [5.74, 6) is -1.22. The molecule has 3 aromatic rings. The summed E-state index contributed by atoms with van der Waals surface area (Å²) in [5.41, 5.74) is 2.68. The fraction of sp³-hybridized carbons (Fsp3) is 0.200. The first-order chi connectivity index (χ1) is 15.8. The van der Waals surface area contributed by atoms with E-state index in [1.165, 1.54) is 18.2 Å².